The smallest absolute Gasteiger partial charge is 0.345 e. The highest BCUT2D eigenvalue weighted by atomic mass is 35.5. The standard InChI is InChI=1S/C22H26ClN5O2/c1-15-7-8-16(2)28(15)17-9-10-19(23)18(14-17)21(29)24-11-5-13-27-22(30)26-12-4-3-6-20(26)25-27/h7-10,14H,3-6,11-13H2,1-2H3,(H,24,29). The van der Waals surface area contributed by atoms with E-state index in [1.54, 1.807) is 10.6 Å². The van der Waals surface area contributed by atoms with E-state index in [1.807, 2.05) is 38.1 Å². The maximum Gasteiger partial charge on any atom is 0.345 e. The van der Waals surface area contributed by atoms with E-state index >= 15 is 0 Å². The molecule has 1 aliphatic heterocycles. The predicted octanol–water partition coefficient (Wildman–Crippen LogP) is 3.26. The Morgan fingerprint density at radius 1 is 1.17 bits per heavy atom. The summed E-state index contributed by atoms with van der Waals surface area (Å²) in [5.41, 5.74) is 3.48. The molecule has 0 bridgehead atoms. The van der Waals surface area contributed by atoms with Crippen molar-refractivity contribution >= 4 is 17.5 Å². The van der Waals surface area contributed by atoms with Crippen LogP contribution in [0.15, 0.2) is 35.1 Å². The maximum atomic E-state index is 12.7. The molecule has 7 nitrogen and oxygen atoms in total. The molecule has 0 aliphatic carbocycles. The molecule has 1 aliphatic rings. The molecular weight excluding hydrogens is 402 g/mol. The van der Waals surface area contributed by atoms with Gasteiger partial charge < -0.3 is 9.88 Å². The molecule has 0 fully saturated rings. The lowest BCUT2D eigenvalue weighted by atomic mass is 10.1. The van der Waals surface area contributed by atoms with Gasteiger partial charge >= 0.3 is 5.69 Å². The van der Waals surface area contributed by atoms with Crippen LogP contribution in [0, 0.1) is 13.8 Å². The van der Waals surface area contributed by atoms with E-state index < -0.39 is 0 Å². The van der Waals surface area contributed by atoms with Crippen molar-refractivity contribution in [1.29, 1.82) is 0 Å². The van der Waals surface area contributed by atoms with Gasteiger partial charge in [-0.15, -0.1) is 0 Å². The SMILES string of the molecule is Cc1ccc(C)n1-c1ccc(Cl)c(C(=O)NCCCn2nc3n(c2=O)CCCC3)c1. The quantitative estimate of drug-likeness (QED) is 0.613. The van der Waals surface area contributed by atoms with Crippen LogP contribution in [0.1, 0.15) is 46.8 Å². The monoisotopic (exact) mass is 427 g/mol. The largest absolute Gasteiger partial charge is 0.352 e. The molecule has 8 heteroatoms. The highest BCUT2D eigenvalue weighted by Gasteiger charge is 2.17. The lowest BCUT2D eigenvalue weighted by molar-refractivity contribution is 0.0952. The summed E-state index contributed by atoms with van der Waals surface area (Å²) in [7, 11) is 0. The number of aryl methyl sites for hydroxylation is 4. The van der Waals surface area contributed by atoms with Crippen LogP contribution in [-0.4, -0.2) is 31.4 Å². The van der Waals surface area contributed by atoms with Crippen molar-refractivity contribution in [3.8, 4) is 5.69 Å². The van der Waals surface area contributed by atoms with Crippen LogP contribution < -0.4 is 11.0 Å². The molecule has 0 saturated heterocycles. The predicted molar refractivity (Wildman–Crippen MR) is 117 cm³/mol. The number of fused-ring (bicyclic) bond motifs is 1. The molecule has 1 amide bonds. The zero-order valence-corrected chi connectivity index (χ0v) is 18.1. The number of hydrogen-bond donors (Lipinski definition) is 1. The highest BCUT2D eigenvalue weighted by Crippen LogP contribution is 2.23. The molecule has 0 atom stereocenters. The van der Waals surface area contributed by atoms with E-state index in [0.29, 0.717) is 30.1 Å². The minimum Gasteiger partial charge on any atom is -0.352 e. The Kier molecular flexibility index (Phi) is 5.81. The van der Waals surface area contributed by atoms with Crippen molar-refractivity contribution < 1.29 is 4.79 Å². The van der Waals surface area contributed by atoms with Crippen molar-refractivity contribution in [3.63, 3.8) is 0 Å². The number of carbonyl (C=O) groups excluding carboxylic acids is 1. The van der Waals surface area contributed by atoms with Crippen molar-refractivity contribution in [3.05, 3.63) is 68.6 Å². The van der Waals surface area contributed by atoms with E-state index in [1.165, 1.54) is 4.68 Å². The Balaban J connectivity index is 1.39. The molecular formula is C22H26ClN5O2. The first-order valence-electron chi connectivity index (χ1n) is 10.4. The number of nitrogens with zero attached hydrogens (tertiary/aromatic N) is 4. The third kappa shape index (κ3) is 3.94. The maximum absolute atomic E-state index is 12.7. The fourth-order valence-electron chi connectivity index (χ4n) is 4.02. The summed E-state index contributed by atoms with van der Waals surface area (Å²) in [6, 6.07) is 9.55. The molecule has 2 aromatic heterocycles. The van der Waals surface area contributed by atoms with Gasteiger partial charge in [-0.25, -0.2) is 9.48 Å². The zero-order valence-electron chi connectivity index (χ0n) is 17.3. The average molecular weight is 428 g/mol. The van der Waals surface area contributed by atoms with E-state index in [4.69, 9.17) is 11.6 Å². The topological polar surface area (TPSA) is 73.8 Å². The second-order valence-electron chi connectivity index (χ2n) is 7.76. The summed E-state index contributed by atoms with van der Waals surface area (Å²) in [5, 5.41) is 7.75. The Hall–Kier alpha value is -2.80. The molecule has 0 unspecified atom stereocenters. The minimum absolute atomic E-state index is 0.0516. The Morgan fingerprint density at radius 2 is 1.93 bits per heavy atom. The van der Waals surface area contributed by atoms with Crippen LogP contribution in [0.2, 0.25) is 5.02 Å². The van der Waals surface area contributed by atoms with Crippen molar-refractivity contribution in [1.82, 2.24) is 24.2 Å². The van der Waals surface area contributed by atoms with Gasteiger partial charge in [-0.2, -0.15) is 5.10 Å². The van der Waals surface area contributed by atoms with Gasteiger partial charge in [0.2, 0.25) is 0 Å². The van der Waals surface area contributed by atoms with Gasteiger partial charge in [-0.3, -0.25) is 9.36 Å². The molecule has 158 valence electrons. The molecule has 1 N–H and O–H groups in total. The molecule has 0 spiro atoms. The Bertz CT molecular complexity index is 1120. The van der Waals surface area contributed by atoms with Crippen LogP contribution in [0.25, 0.3) is 5.69 Å². The van der Waals surface area contributed by atoms with Crippen LogP contribution in [-0.2, 0) is 19.5 Å². The summed E-state index contributed by atoms with van der Waals surface area (Å²) >= 11 is 6.29. The fourth-order valence-corrected chi connectivity index (χ4v) is 4.23. The number of hydrogen-bond acceptors (Lipinski definition) is 3. The second kappa shape index (κ2) is 8.52. The summed E-state index contributed by atoms with van der Waals surface area (Å²) in [6.45, 7) is 5.72. The van der Waals surface area contributed by atoms with Gasteiger partial charge in [-0.05, 0) is 63.4 Å². The molecule has 1 aromatic carbocycles. The van der Waals surface area contributed by atoms with E-state index in [0.717, 1.165) is 48.7 Å². The lowest BCUT2D eigenvalue weighted by Gasteiger charge is -2.13. The minimum atomic E-state index is -0.221. The number of aromatic nitrogens is 4. The van der Waals surface area contributed by atoms with Crippen LogP contribution in [0.5, 0.6) is 0 Å². The Labute approximate surface area is 180 Å². The number of benzene rings is 1. The number of amides is 1. The summed E-state index contributed by atoms with van der Waals surface area (Å²) < 4.78 is 5.36. The first-order valence-corrected chi connectivity index (χ1v) is 10.7. The first-order chi connectivity index (χ1) is 14.5. The molecule has 3 aromatic rings. The molecule has 0 saturated carbocycles. The zero-order chi connectivity index (χ0) is 21.3. The van der Waals surface area contributed by atoms with E-state index in [9.17, 15) is 9.59 Å². The van der Waals surface area contributed by atoms with Gasteiger partial charge in [0.1, 0.15) is 5.82 Å². The number of nitrogens with one attached hydrogen (secondary N) is 1. The van der Waals surface area contributed by atoms with Crippen LogP contribution in [0.3, 0.4) is 0 Å². The normalized spacial score (nSPS) is 13.3. The summed E-state index contributed by atoms with van der Waals surface area (Å²) in [6.07, 6.45) is 3.58. The number of carbonyl (C=O) groups is 1. The molecule has 3 heterocycles. The van der Waals surface area contributed by atoms with Crippen molar-refractivity contribution in [2.24, 2.45) is 0 Å². The highest BCUT2D eigenvalue weighted by molar-refractivity contribution is 6.33. The summed E-state index contributed by atoms with van der Waals surface area (Å²) in [4.78, 5) is 25.1. The third-order valence-electron chi connectivity index (χ3n) is 5.59. The van der Waals surface area contributed by atoms with E-state index in [-0.39, 0.29) is 11.6 Å². The van der Waals surface area contributed by atoms with Gasteiger partial charge in [0.05, 0.1) is 10.6 Å². The van der Waals surface area contributed by atoms with Crippen molar-refractivity contribution in [2.45, 2.75) is 52.6 Å². The van der Waals surface area contributed by atoms with Gasteiger partial charge in [0, 0.05) is 43.1 Å². The van der Waals surface area contributed by atoms with Crippen LogP contribution >= 0.6 is 11.6 Å². The fraction of sp³-hybridized carbons (Fsp3) is 0.409. The summed E-state index contributed by atoms with van der Waals surface area (Å²) in [5.74, 6) is 0.648. The molecule has 0 radical (unpaired) electrons. The lowest BCUT2D eigenvalue weighted by Crippen LogP contribution is -2.29. The van der Waals surface area contributed by atoms with E-state index in [2.05, 4.69) is 15.0 Å². The first kappa shape index (κ1) is 20.5. The van der Waals surface area contributed by atoms with Gasteiger partial charge in [0.15, 0.2) is 0 Å². The van der Waals surface area contributed by atoms with Crippen LogP contribution in [0.4, 0.5) is 0 Å². The molecule has 4 rings (SSSR count). The average Bonchev–Trinajstić information content (AvgIpc) is 3.24. The van der Waals surface area contributed by atoms with Crippen molar-refractivity contribution in [2.75, 3.05) is 6.54 Å². The number of rotatable bonds is 6. The Morgan fingerprint density at radius 3 is 2.67 bits per heavy atom. The number of halogens is 1. The van der Waals surface area contributed by atoms with Gasteiger partial charge in [-0.1, -0.05) is 11.6 Å². The second-order valence-corrected chi connectivity index (χ2v) is 8.16. The molecule has 30 heavy (non-hydrogen) atoms. The van der Waals surface area contributed by atoms with Gasteiger partial charge in [0.25, 0.3) is 5.91 Å². The third-order valence-corrected chi connectivity index (χ3v) is 5.92.